The molecule has 0 aliphatic carbocycles. The average Bonchev–Trinajstić information content (AvgIpc) is 3.34. The number of para-hydroxylation sites is 1. The molecule has 0 saturated carbocycles. The molecule has 3 heterocycles. The lowest BCUT2D eigenvalue weighted by Crippen LogP contribution is -2.42. The van der Waals surface area contributed by atoms with Crippen LogP contribution in [0.2, 0.25) is 0 Å². The van der Waals surface area contributed by atoms with E-state index in [1.807, 2.05) is 78.2 Å². The summed E-state index contributed by atoms with van der Waals surface area (Å²) in [7, 11) is 1.62. The maximum Gasteiger partial charge on any atom is 0.416 e. The number of hydrogen-bond donors (Lipinski definition) is 0. The van der Waals surface area contributed by atoms with Crippen molar-refractivity contribution in [1.29, 1.82) is 0 Å². The minimum absolute atomic E-state index is 0.198. The predicted molar refractivity (Wildman–Crippen MR) is 167 cm³/mol. The first kappa shape index (κ1) is 32.1. The summed E-state index contributed by atoms with van der Waals surface area (Å²) >= 11 is 0. The Morgan fingerprint density at radius 2 is 1.67 bits per heavy atom. The molecule has 0 atom stereocenters. The van der Waals surface area contributed by atoms with Crippen LogP contribution in [0.25, 0.3) is 5.65 Å². The number of aromatic nitrogens is 3. The topological polar surface area (TPSA) is 98.5 Å². The molecule has 1 aliphatic rings. The normalized spacial score (nSPS) is 14.7. The molecule has 10 heteroatoms. The Morgan fingerprint density at radius 1 is 1.02 bits per heavy atom. The fourth-order valence-corrected chi connectivity index (χ4v) is 5.23. The summed E-state index contributed by atoms with van der Waals surface area (Å²) in [6, 6.07) is 7.62. The zero-order valence-electron chi connectivity index (χ0n) is 27.1. The van der Waals surface area contributed by atoms with E-state index in [2.05, 4.69) is 18.2 Å². The number of rotatable bonds is 7. The molecule has 2 aromatic heterocycles. The number of nitrogens with zero attached hydrogens (tertiary/aromatic N) is 5. The minimum Gasteiger partial charge on any atom is -0.496 e. The highest BCUT2D eigenvalue weighted by Gasteiger charge is 2.31. The summed E-state index contributed by atoms with van der Waals surface area (Å²) < 4.78 is 19.1. The van der Waals surface area contributed by atoms with Crippen LogP contribution < -0.4 is 9.64 Å². The third-order valence-electron chi connectivity index (χ3n) is 7.30. The second-order valence-corrected chi connectivity index (χ2v) is 13.6. The quantitative estimate of drug-likeness (QED) is 0.291. The number of carbonyl (C=O) groups excluding carboxylic acids is 2. The van der Waals surface area contributed by atoms with E-state index in [0.717, 1.165) is 29.8 Å². The maximum atomic E-state index is 13.8. The van der Waals surface area contributed by atoms with E-state index in [0.29, 0.717) is 42.6 Å². The number of methoxy groups -OCH3 is 1. The Kier molecular flexibility index (Phi) is 9.57. The fraction of sp³-hybridized carbons (Fsp3) is 0.576. The van der Waals surface area contributed by atoms with Gasteiger partial charge in [-0.1, -0.05) is 32.0 Å². The van der Waals surface area contributed by atoms with Gasteiger partial charge in [0.2, 0.25) is 0 Å². The SMILES string of the molecule is COc1ccccc1CN(C(=O)OC(C)(C)C)c1nc(CC2CCN(C(=O)OC(C)(C)C)CC2)cn2c(C(C)C)cnc12. The molecule has 1 aromatic carbocycles. The van der Waals surface area contributed by atoms with Crippen LogP contribution in [0.15, 0.2) is 36.7 Å². The van der Waals surface area contributed by atoms with Gasteiger partial charge in [-0.05, 0) is 78.7 Å². The summed E-state index contributed by atoms with van der Waals surface area (Å²) in [4.78, 5) is 39.5. The molecule has 0 bridgehead atoms. The number of ether oxygens (including phenoxy) is 3. The summed E-state index contributed by atoms with van der Waals surface area (Å²) in [5, 5.41) is 0. The van der Waals surface area contributed by atoms with Gasteiger partial charge in [-0.25, -0.2) is 19.6 Å². The van der Waals surface area contributed by atoms with Crippen LogP contribution in [-0.4, -0.2) is 62.9 Å². The molecule has 0 N–H and O–H groups in total. The molecule has 234 valence electrons. The van der Waals surface area contributed by atoms with Crippen molar-refractivity contribution in [3.8, 4) is 5.75 Å². The number of likely N-dealkylation sites (tertiary alicyclic amines) is 1. The lowest BCUT2D eigenvalue weighted by molar-refractivity contribution is 0.0184. The van der Waals surface area contributed by atoms with Crippen LogP contribution in [0.4, 0.5) is 15.4 Å². The number of fused-ring (bicyclic) bond motifs is 1. The molecule has 0 radical (unpaired) electrons. The number of piperidine rings is 1. The van der Waals surface area contributed by atoms with Crippen LogP contribution >= 0.6 is 0 Å². The van der Waals surface area contributed by atoms with Crippen molar-refractivity contribution < 1.29 is 23.8 Å². The third kappa shape index (κ3) is 8.18. The minimum atomic E-state index is -0.704. The van der Waals surface area contributed by atoms with Crippen molar-refractivity contribution in [3.63, 3.8) is 0 Å². The summed E-state index contributed by atoms with van der Waals surface area (Å²) in [6.07, 6.45) is 5.50. The van der Waals surface area contributed by atoms with Crippen molar-refractivity contribution >= 4 is 23.7 Å². The third-order valence-corrected chi connectivity index (χ3v) is 7.30. The molecular weight excluding hydrogens is 546 g/mol. The van der Waals surface area contributed by atoms with Crippen molar-refractivity contribution in [2.45, 2.75) is 98.3 Å². The second kappa shape index (κ2) is 12.8. The summed E-state index contributed by atoms with van der Waals surface area (Å²) in [6.45, 7) is 16.9. The molecule has 4 rings (SSSR count). The predicted octanol–water partition coefficient (Wildman–Crippen LogP) is 6.99. The number of amides is 2. The maximum absolute atomic E-state index is 13.8. The molecule has 0 unspecified atom stereocenters. The molecular formula is C33H47N5O5. The van der Waals surface area contributed by atoms with Gasteiger partial charge in [-0.2, -0.15) is 0 Å². The van der Waals surface area contributed by atoms with E-state index in [9.17, 15) is 9.59 Å². The van der Waals surface area contributed by atoms with Crippen LogP contribution in [0.3, 0.4) is 0 Å². The lowest BCUT2D eigenvalue weighted by Gasteiger charge is -2.33. The number of imidazole rings is 1. The monoisotopic (exact) mass is 593 g/mol. The standard InChI is InChI=1S/C33H47N5O5/c1-22(2)26-19-34-28-29(38(31(40)43-33(6,7)8)20-24-12-10-11-13-27(24)41-9)35-25(21-37(26)28)18-23-14-16-36(17-15-23)30(39)42-32(3,4)5/h10-13,19,21-23H,14-18,20H2,1-9H3. The number of hydrogen-bond acceptors (Lipinski definition) is 7. The van der Waals surface area contributed by atoms with Crippen molar-refractivity contribution in [2.75, 3.05) is 25.1 Å². The van der Waals surface area contributed by atoms with Crippen molar-refractivity contribution in [3.05, 3.63) is 53.6 Å². The molecule has 1 aliphatic heterocycles. The van der Waals surface area contributed by atoms with Gasteiger partial charge in [0.25, 0.3) is 0 Å². The highest BCUT2D eigenvalue weighted by atomic mass is 16.6. The van der Waals surface area contributed by atoms with Crippen molar-refractivity contribution in [1.82, 2.24) is 19.3 Å². The Morgan fingerprint density at radius 3 is 2.28 bits per heavy atom. The highest BCUT2D eigenvalue weighted by Crippen LogP contribution is 2.31. The van der Waals surface area contributed by atoms with E-state index < -0.39 is 17.3 Å². The first-order chi connectivity index (χ1) is 20.1. The van der Waals surface area contributed by atoms with Gasteiger partial charge in [0.1, 0.15) is 17.0 Å². The van der Waals surface area contributed by atoms with Gasteiger partial charge >= 0.3 is 12.2 Å². The summed E-state index contributed by atoms with van der Waals surface area (Å²) in [5.41, 5.74) is 2.07. The Labute approximate surface area is 255 Å². The van der Waals surface area contributed by atoms with Gasteiger partial charge in [0, 0.05) is 36.7 Å². The number of carbonyl (C=O) groups is 2. The molecule has 0 spiro atoms. The van der Waals surface area contributed by atoms with Crippen LogP contribution in [0.1, 0.15) is 91.1 Å². The first-order valence-electron chi connectivity index (χ1n) is 15.1. The summed E-state index contributed by atoms with van der Waals surface area (Å²) in [5.74, 6) is 1.65. The lowest BCUT2D eigenvalue weighted by atomic mass is 9.92. The van der Waals surface area contributed by atoms with Gasteiger partial charge in [-0.3, -0.25) is 9.30 Å². The Bertz CT molecular complexity index is 1430. The molecule has 3 aromatic rings. The average molecular weight is 594 g/mol. The molecule has 1 saturated heterocycles. The van der Waals surface area contributed by atoms with E-state index in [1.54, 1.807) is 16.9 Å². The van der Waals surface area contributed by atoms with Crippen LogP contribution in [-0.2, 0) is 22.4 Å². The van der Waals surface area contributed by atoms with E-state index in [1.165, 1.54) is 0 Å². The largest absolute Gasteiger partial charge is 0.496 e. The van der Waals surface area contributed by atoms with E-state index in [4.69, 9.17) is 24.2 Å². The highest BCUT2D eigenvalue weighted by molar-refractivity contribution is 5.91. The number of benzene rings is 1. The van der Waals surface area contributed by atoms with Gasteiger partial charge in [-0.15, -0.1) is 0 Å². The second-order valence-electron chi connectivity index (χ2n) is 13.6. The van der Waals surface area contributed by atoms with Crippen LogP contribution in [0.5, 0.6) is 5.75 Å². The Hall–Kier alpha value is -3.82. The zero-order valence-corrected chi connectivity index (χ0v) is 27.1. The number of anilines is 1. The van der Waals surface area contributed by atoms with E-state index >= 15 is 0 Å². The molecule has 1 fully saturated rings. The first-order valence-corrected chi connectivity index (χ1v) is 15.1. The molecule has 2 amide bonds. The van der Waals surface area contributed by atoms with Gasteiger partial charge < -0.3 is 19.1 Å². The molecule has 10 nitrogen and oxygen atoms in total. The fourth-order valence-electron chi connectivity index (χ4n) is 5.23. The van der Waals surface area contributed by atoms with Crippen molar-refractivity contribution in [2.24, 2.45) is 5.92 Å². The Balaban J connectivity index is 1.70. The zero-order chi connectivity index (χ0) is 31.5. The van der Waals surface area contributed by atoms with Crippen LogP contribution in [0, 0.1) is 5.92 Å². The van der Waals surface area contributed by atoms with Gasteiger partial charge in [0.15, 0.2) is 11.5 Å². The van der Waals surface area contributed by atoms with Gasteiger partial charge in [0.05, 0.1) is 19.3 Å². The molecule has 43 heavy (non-hydrogen) atoms. The van der Waals surface area contributed by atoms with E-state index in [-0.39, 0.29) is 18.6 Å². The smallest absolute Gasteiger partial charge is 0.416 e.